The molecule has 0 radical (unpaired) electrons. The van der Waals surface area contributed by atoms with Crippen molar-refractivity contribution in [2.75, 3.05) is 19.0 Å². The van der Waals surface area contributed by atoms with Crippen LogP contribution in [-0.4, -0.2) is 13.7 Å². The van der Waals surface area contributed by atoms with Crippen LogP contribution in [0, 0.1) is 0 Å². The Morgan fingerprint density at radius 2 is 1.59 bits per heavy atom. The number of methoxy groups -OCH3 is 1. The van der Waals surface area contributed by atoms with Gasteiger partial charge in [-0.1, -0.05) is 19.1 Å². The van der Waals surface area contributed by atoms with E-state index in [9.17, 15) is 13.2 Å². The summed E-state index contributed by atoms with van der Waals surface area (Å²) in [4.78, 5) is 0. The lowest BCUT2D eigenvalue weighted by atomic mass is 9.99. The van der Waals surface area contributed by atoms with Crippen LogP contribution in [0.5, 0.6) is 5.75 Å². The first-order chi connectivity index (χ1) is 10.4. The minimum atomic E-state index is -4.29. The van der Waals surface area contributed by atoms with Crippen molar-refractivity contribution in [3.8, 4) is 5.75 Å². The van der Waals surface area contributed by atoms with E-state index < -0.39 is 11.7 Å². The van der Waals surface area contributed by atoms with Crippen molar-refractivity contribution < 1.29 is 17.9 Å². The average Bonchev–Trinajstić information content (AvgIpc) is 2.52. The number of hydrogen-bond donors (Lipinski definition) is 1. The smallest absolute Gasteiger partial charge is 0.416 e. The lowest BCUT2D eigenvalue weighted by Gasteiger charge is -2.15. The third-order valence-electron chi connectivity index (χ3n) is 3.51. The molecule has 2 nitrogen and oxygen atoms in total. The third kappa shape index (κ3) is 4.16. The van der Waals surface area contributed by atoms with E-state index in [1.165, 1.54) is 12.1 Å². The number of hydrogen-bond acceptors (Lipinski definition) is 2. The molecular formula is C17H18F3NO. The molecule has 0 aliphatic heterocycles. The SMILES string of the molecule is COc1ccc(NCC(C)c2ccc(C(F)(F)F)cc2)cc1. The Morgan fingerprint density at radius 3 is 2.09 bits per heavy atom. The molecule has 0 aliphatic rings. The van der Waals surface area contributed by atoms with E-state index in [1.807, 2.05) is 31.2 Å². The number of alkyl halides is 3. The Bertz CT molecular complexity index is 591. The summed E-state index contributed by atoms with van der Waals surface area (Å²) in [5.74, 6) is 0.880. The summed E-state index contributed by atoms with van der Waals surface area (Å²) in [6, 6.07) is 12.8. The molecule has 0 heterocycles. The molecule has 22 heavy (non-hydrogen) atoms. The van der Waals surface area contributed by atoms with E-state index in [2.05, 4.69) is 5.32 Å². The molecular weight excluding hydrogens is 291 g/mol. The highest BCUT2D eigenvalue weighted by Crippen LogP contribution is 2.30. The monoisotopic (exact) mass is 309 g/mol. The predicted molar refractivity (Wildman–Crippen MR) is 81.3 cm³/mol. The van der Waals surface area contributed by atoms with Gasteiger partial charge in [0.05, 0.1) is 12.7 Å². The molecule has 2 rings (SSSR count). The van der Waals surface area contributed by atoms with Gasteiger partial charge in [-0.3, -0.25) is 0 Å². The first-order valence-corrected chi connectivity index (χ1v) is 6.95. The summed E-state index contributed by atoms with van der Waals surface area (Å²) in [6.07, 6.45) is -4.29. The van der Waals surface area contributed by atoms with Crippen molar-refractivity contribution in [2.45, 2.75) is 19.0 Å². The van der Waals surface area contributed by atoms with E-state index in [0.717, 1.165) is 29.1 Å². The second kappa shape index (κ2) is 6.73. The first-order valence-electron chi connectivity index (χ1n) is 6.95. The lowest BCUT2D eigenvalue weighted by Crippen LogP contribution is -2.10. The van der Waals surface area contributed by atoms with Gasteiger partial charge in [0.15, 0.2) is 0 Å². The third-order valence-corrected chi connectivity index (χ3v) is 3.51. The Morgan fingerprint density at radius 1 is 1.00 bits per heavy atom. The maximum absolute atomic E-state index is 12.5. The molecule has 5 heteroatoms. The lowest BCUT2D eigenvalue weighted by molar-refractivity contribution is -0.137. The number of ether oxygens (including phenoxy) is 1. The molecule has 0 aromatic heterocycles. The molecule has 0 saturated carbocycles. The van der Waals surface area contributed by atoms with Gasteiger partial charge in [0, 0.05) is 12.2 Å². The van der Waals surface area contributed by atoms with Gasteiger partial charge in [-0.25, -0.2) is 0 Å². The van der Waals surface area contributed by atoms with Crippen molar-refractivity contribution in [3.63, 3.8) is 0 Å². The first kappa shape index (κ1) is 16.2. The highest BCUT2D eigenvalue weighted by Gasteiger charge is 2.30. The van der Waals surface area contributed by atoms with E-state index >= 15 is 0 Å². The second-order valence-corrected chi connectivity index (χ2v) is 5.13. The largest absolute Gasteiger partial charge is 0.497 e. The molecule has 0 bridgehead atoms. The van der Waals surface area contributed by atoms with Crippen molar-refractivity contribution in [2.24, 2.45) is 0 Å². The second-order valence-electron chi connectivity index (χ2n) is 5.13. The fourth-order valence-electron chi connectivity index (χ4n) is 2.10. The summed E-state index contributed by atoms with van der Waals surface area (Å²) >= 11 is 0. The van der Waals surface area contributed by atoms with E-state index in [4.69, 9.17) is 4.74 Å². The molecule has 0 saturated heterocycles. The number of nitrogens with one attached hydrogen (secondary N) is 1. The number of anilines is 1. The Labute approximate surface area is 127 Å². The summed E-state index contributed by atoms with van der Waals surface area (Å²) in [7, 11) is 1.61. The average molecular weight is 309 g/mol. The van der Waals surface area contributed by atoms with Crippen molar-refractivity contribution in [3.05, 3.63) is 59.7 Å². The van der Waals surface area contributed by atoms with Gasteiger partial charge in [-0.2, -0.15) is 13.2 Å². The predicted octanol–water partition coefficient (Wildman–Crippen LogP) is 4.93. The molecule has 0 amide bonds. The highest BCUT2D eigenvalue weighted by molar-refractivity contribution is 5.46. The number of benzene rings is 2. The Kier molecular flexibility index (Phi) is 4.96. The minimum Gasteiger partial charge on any atom is -0.497 e. The zero-order valence-corrected chi connectivity index (χ0v) is 12.4. The standard InChI is InChI=1S/C17H18F3NO/c1-12(11-21-15-7-9-16(22-2)10-8-15)13-3-5-14(6-4-13)17(18,19)20/h3-10,12,21H,11H2,1-2H3. The van der Waals surface area contributed by atoms with Gasteiger partial charge < -0.3 is 10.1 Å². The summed E-state index contributed by atoms with van der Waals surface area (Å²) < 4.78 is 42.7. The van der Waals surface area contributed by atoms with Crippen LogP contribution in [0.15, 0.2) is 48.5 Å². The van der Waals surface area contributed by atoms with Crippen molar-refractivity contribution in [1.29, 1.82) is 0 Å². The normalized spacial score (nSPS) is 12.8. The fraction of sp³-hybridized carbons (Fsp3) is 0.294. The van der Waals surface area contributed by atoms with Crippen LogP contribution >= 0.6 is 0 Å². The van der Waals surface area contributed by atoms with Crippen LogP contribution in [0.1, 0.15) is 24.0 Å². The maximum atomic E-state index is 12.5. The van der Waals surface area contributed by atoms with Crippen LogP contribution in [0.4, 0.5) is 18.9 Å². The van der Waals surface area contributed by atoms with Gasteiger partial charge in [-0.05, 0) is 47.9 Å². The van der Waals surface area contributed by atoms with Gasteiger partial charge in [0.2, 0.25) is 0 Å². The van der Waals surface area contributed by atoms with E-state index in [0.29, 0.717) is 6.54 Å². The zero-order chi connectivity index (χ0) is 16.2. The van der Waals surface area contributed by atoms with Gasteiger partial charge in [0.25, 0.3) is 0 Å². The number of rotatable bonds is 5. The van der Waals surface area contributed by atoms with Crippen molar-refractivity contribution >= 4 is 5.69 Å². The van der Waals surface area contributed by atoms with Gasteiger partial charge >= 0.3 is 6.18 Å². The van der Waals surface area contributed by atoms with E-state index in [1.54, 1.807) is 7.11 Å². The molecule has 0 spiro atoms. The molecule has 1 unspecified atom stereocenters. The van der Waals surface area contributed by atoms with Gasteiger partial charge in [-0.15, -0.1) is 0 Å². The van der Waals surface area contributed by atoms with Crippen LogP contribution in [0.3, 0.4) is 0 Å². The van der Waals surface area contributed by atoms with Crippen LogP contribution in [-0.2, 0) is 6.18 Å². The molecule has 0 fully saturated rings. The molecule has 118 valence electrons. The van der Waals surface area contributed by atoms with Crippen LogP contribution < -0.4 is 10.1 Å². The van der Waals surface area contributed by atoms with Crippen molar-refractivity contribution in [1.82, 2.24) is 0 Å². The maximum Gasteiger partial charge on any atom is 0.416 e. The quantitative estimate of drug-likeness (QED) is 0.845. The Hall–Kier alpha value is -2.17. The minimum absolute atomic E-state index is 0.101. The topological polar surface area (TPSA) is 21.3 Å². The summed E-state index contributed by atoms with van der Waals surface area (Å²) in [5, 5.41) is 3.26. The fourth-order valence-corrected chi connectivity index (χ4v) is 2.10. The Balaban J connectivity index is 1.95. The van der Waals surface area contributed by atoms with E-state index in [-0.39, 0.29) is 5.92 Å². The highest BCUT2D eigenvalue weighted by atomic mass is 19.4. The number of halogens is 3. The molecule has 2 aromatic carbocycles. The summed E-state index contributed by atoms with van der Waals surface area (Å²) in [6.45, 7) is 2.61. The molecule has 1 N–H and O–H groups in total. The van der Waals surface area contributed by atoms with Gasteiger partial charge in [0.1, 0.15) is 5.75 Å². The van der Waals surface area contributed by atoms with Crippen LogP contribution in [0.25, 0.3) is 0 Å². The zero-order valence-electron chi connectivity index (χ0n) is 12.4. The molecule has 0 aliphatic carbocycles. The van der Waals surface area contributed by atoms with Crippen LogP contribution in [0.2, 0.25) is 0 Å². The molecule has 2 aromatic rings. The summed E-state index contributed by atoms with van der Waals surface area (Å²) in [5.41, 5.74) is 1.19. The molecule has 1 atom stereocenters.